The van der Waals surface area contributed by atoms with E-state index in [1.54, 1.807) is 13.8 Å². The molecule has 0 heterocycles. The van der Waals surface area contributed by atoms with Crippen molar-refractivity contribution >= 4 is 94.8 Å². The second-order valence-corrected chi connectivity index (χ2v) is 52.1. The summed E-state index contributed by atoms with van der Waals surface area (Å²) in [4.78, 5) is 72.8. The number of aliphatic carboxylic acids is 3. The molecule has 30 atom stereocenters. The van der Waals surface area contributed by atoms with E-state index in [9.17, 15) is 58.3 Å². The number of fused-ring (bicyclic) bond motifs is 21. The maximum Gasteiger partial charge on any atom is 0.355 e. The van der Waals surface area contributed by atoms with Crippen LogP contribution in [0.3, 0.4) is 0 Å². The van der Waals surface area contributed by atoms with Gasteiger partial charge >= 0.3 is 46.1 Å². The summed E-state index contributed by atoms with van der Waals surface area (Å²) in [5, 5.41) is 51.2. The largest absolute Gasteiger partial charge is 0.481 e. The van der Waals surface area contributed by atoms with Crippen LogP contribution in [-0.4, -0.2) is 136 Å². The molecular weight excluding hydrogens is 1850 g/mol. The summed E-state index contributed by atoms with van der Waals surface area (Å²) in [6.07, 6.45) is 30.0. The maximum absolute atomic E-state index is 12.9. The second kappa shape index (κ2) is 41.6. The molecular formula is C106H173Br2ClO20P2. The molecule has 15 fully saturated rings. The molecule has 15 aliphatic rings. The lowest BCUT2D eigenvalue weighted by Crippen LogP contribution is -2.67. The molecule has 0 unspecified atom stereocenters. The Morgan fingerprint density at radius 1 is 0.405 bits per heavy atom. The highest BCUT2D eigenvalue weighted by Crippen LogP contribution is 2.82. The lowest BCUT2D eigenvalue weighted by Gasteiger charge is -2.72. The Labute approximate surface area is 811 Å². The average molecular weight is 2020 g/mol. The molecule has 0 bridgehead atoms. The van der Waals surface area contributed by atoms with E-state index in [-0.39, 0.29) is 150 Å². The number of alkyl halides is 2. The average Bonchev–Trinajstić information content (AvgIpc) is 1.67. The quantitative estimate of drug-likeness (QED) is 0.0128. The van der Waals surface area contributed by atoms with E-state index in [1.165, 1.54) is 61.7 Å². The van der Waals surface area contributed by atoms with Gasteiger partial charge in [-0.1, -0.05) is 172 Å². The number of rotatable bonds is 22. The molecule has 5 N–H and O–H groups in total. The van der Waals surface area contributed by atoms with Gasteiger partial charge in [0.15, 0.2) is 6.79 Å². The van der Waals surface area contributed by atoms with Crippen molar-refractivity contribution in [2.75, 3.05) is 56.8 Å². The van der Waals surface area contributed by atoms with Crippen LogP contribution < -0.4 is 0 Å². The molecule has 15 rings (SSSR count). The van der Waals surface area contributed by atoms with Crippen molar-refractivity contribution in [2.24, 2.45) is 170 Å². The van der Waals surface area contributed by atoms with Gasteiger partial charge in [-0.15, -0.1) is 0 Å². The molecule has 15 saturated carbocycles. The number of aliphatic hydroxyl groups is 2. The minimum absolute atomic E-state index is 0.0202. The van der Waals surface area contributed by atoms with Crippen molar-refractivity contribution in [1.29, 1.82) is 0 Å². The van der Waals surface area contributed by atoms with E-state index >= 15 is 0 Å². The van der Waals surface area contributed by atoms with E-state index in [0.29, 0.717) is 71.0 Å². The molecule has 0 aromatic carbocycles. The Balaban J connectivity index is 0.000000185. The number of hydrogen-bond acceptors (Lipinski definition) is 17. The predicted octanol–water partition coefficient (Wildman–Crippen LogP) is 26.4. The smallest absolute Gasteiger partial charge is 0.355 e. The van der Waals surface area contributed by atoms with E-state index in [0.717, 1.165) is 161 Å². The minimum Gasteiger partial charge on any atom is -0.481 e. The van der Waals surface area contributed by atoms with Crippen molar-refractivity contribution in [1.82, 2.24) is 0 Å². The van der Waals surface area contributed by atoms with Gasteiger partial charge in [0, 0.05) is 24.0 Å². The second-order valence-electron chi connectivity index (χ2n) is 48.2. The van der Waals surface area contributed by atoms with Crippen LogP contribution in [0.25, 0.3) is 0 Å². The van der Waals surface area contributed by atoms with Crippen LogP contribution in [0.1, 0.15) is 345 Å². The fourth-order valence-corrected chi connectivity index (χ4v) is 37.5. The molecule has 0 radical (unpaired) electrons. The number of allylic oxidation sites excluding steroid dienone is 3. The van der Waals surface area contributed by atoms with Crippen molar-refractivity contribution < 1.29 is 95.9 Å². The van der Waals surface area contributed by atoms with Crippen LogP contribution in [0.2, 0.25) is 0 Å². The zero-order valence-electron chi connectivity index (χ0n) is 84.5. The first-order valence-corrected chi connectivity index (χ1v) is 55.7. The van der Waals surface area contributed by atoms with E-state index in [2.05, 4.69) is 181 Å². The molecule has 748 valence electrons. The summed E-state index contributed by atoms with van der Waals surface area (Å²) in [6.45, 7) is 65.6. The number of carboxylic acid groups (broad SMARTS) is 3. The lowest BCUT2D eigenvalue weighted by molar-refractivity contribution is -0.250. The van der Waals surface area contributed by atoms with Gasteiger partial charge in [-0.2, -0.15) is 0 Å². The monoisotopic (exact) mass is 2020 g/mol. The summed E-state index contributed by atoms with van der Waals surface area (Å²) in [7, 11) is -3.62. The van der Waals surface area contributed by atoms with Gasteiger partial charge in [0.05, 0.1) is 40.9 Å². The number of halogens is 3. The first-order chi connectivity index (χ1) is 61.0. The van der Waals surface area contributed by atoms with Crippen LogP contribution >= 0.6 is 59.7 Å². The topological polar surface area (TPSA) is 302 Å². The summed E-state index contributed by atoms with van der Waals surface area (Å²) < 4.78 is 57.5. The third-order valence-electron chi connectivity index (χ3n) is 42.7. The summed E-state index contributed by atoms with van der Waals surface area (Å²) >= 11 is 10.9. The lowest BCUT2D eigenvalue weighted by atomic mass is 9.32. The van der Waals surface area contributed by atoms with Gasteiger partial charge in [0.25, 0.3) is 0 Å². The van der Waals surface area contributed by atoms with Crippen LogP contribution in [0.15, 0.2) is 36.5 Å². The molecule has 0 aliphatic heterocycles. The summed E-state index contributed by atoms with van der Waals surface area (Å²) in [6, 6.07) is 0. The number of ether oxygens (including phenoxy) is 4. The summed E-state index contributed by atoms with van der Waals surface area (Å²) in [5.41, 5.74) is 3.28. The molecule has 0 aromatic rings. The van der Waals surface area contributed by atoms with Crippen LogP contribution in [-0.2, 0) is 70.4 Å². The molecule has 0 saturated heterocycles. The highest BCUT2D eigenvalue weighted by Gasteiger charge is 2.77. The molecule has 20 nitrogen and oxygen atoms in total. The third kappa shape index (κ3) is 19.0. The van der Waals surface area contributed by atoms with E-state index in [1.807, 2.05) is 13.8 Å². The van der Waals surface area contributed by atoms with E-state index < -0.39 is 62.8 Å². The SMILES string of the molecule is C=C(C)[C@@H]1CC[C@]2(C(=O)O)CC[C@]3(C)[C@H](CC[C@@H]4[C@@]5(C)CC[C@H](O)C(C)(C)[C@@H]5CC[C@]43C)[C@@H]12.C=C(C)[C@@H]1CC[C@]2(C(=O)O)CC[C@]3(C)[C@H](CC[C@@H]4[C@@]5(C)CC[C@H](OC(=O)CBr)C(C)(C)[C@@H]5CC[C@]43C)[C@@H]12.C=C(C)[C@@H]1CC[C@]2(C(=O)O)CC[C@]3(C)[C@H](CC[C@@H]4[C@@]5(C)CC[C@H](OC(=O)COCOP=O)C(C)(C)[C@@H]5CC[C@]43C)[C@@H]12.CCOCC.CCOP(=O)(CO)OCC.O=C(Cl)CBr. The van der Waals surface area contributed by atoms with Gasteiger partial charge in [-0.25, -0.2) is 9.36 Å². The van der Waals surface area contributed by atoms with Crippen LogP contribution in [0.5, 0.6) is 0 Å². The molecule has 0 amide bonds. The van der Waals surface area contributed by atoms with Gasteiger partial charge in [-0.3, -0.25) is 33.1 Å². The van der Waals surface area contributed by atoms with Gasteiger partial charge < -0.3 is 53.5 Å². The normalized spacial score (nSPS) is 44.1. The van der Waals surface area contributed by atoms with Gasteiger partial charge in [0.1, 0.15) is 30.5 Å². The van der Waals surface area contributed by atoms with Crippen LogP contribution in [0.4, 0.5) is 0 Å². The van der Waals surface area contributed by atoms with Gasteiger partial charge in [-0.05, 0) is 396 Å². The first kappa shape index (κ1) is 111. The Morgan fingerprint density at radius 2 is 0.725 bits per heavy atom. The highest BCUT2D eigenvalue weighted by atomic mass is 79.9. The van der Waals surface area contributed by atoms with Crippen molar-refractivity contribution in [3.8, 4) is 0 Å². The Bertz CT molecular complexity index is 4160. The molecule has 131 heavy (non-hydrogen) atoms. The standard InChI is InChI=1S/C33H51O7P.C32H49BrO4.C30H48O3.C5H13O4P.C4H10O.C2H2BrClO/c1-20(2)21-10-15-33(28(35)36)17-16-31(6)22(27(21)33)8-9-24-30(5)13-12-25(40-26(34)18-38-19-39-41-37)29(3,4)23(30)11-14-32(24,31)7;1-19(2)20-10-15-32(27(35)36)17-16-30(6)21(26(20)32)8-9-23-29(5)13-12-24(37-25(34)18-33)28(3,4)22(29)11-14-31(23,30)7;1-18(2)19-10-15-30(25(32)33)17-16-28(6)20(24(19)30)8-9-22-27(5)13-12-23(31)26(3,4)21(27)11-14-29(22,28)7;1-3-8-10(7,5-6)9-4-2;1-3-5-4-2;3-1-2(4)5/h21-25,27H,1,8-19H2,2-7H3,(H,35,36);20-24,26H,1,8-18H2,2-7H3,(H,35,36);19-24,31H,1,8-17H2,2-7H3,(H,32,33);6H,3-5H2,1-2H3;3-4H2,1-2H3;1H2/t21-,22+,23-,24+,25-,27+,30-,31+,32+,33-;20-,21+,22-,23+,24-,26+,29-,30+,31+,32-;19-,20+,21-,22+,23-,24+,27-,28+,29+,30-;;;/m000.../s1. The fourth-order valence-electron chi connectivity index (χ4n) is 36.2. The zero-order chi connectivity index (χ0) is 97.8. The van der Waals surface area contributed by atoms with Crippen molar-refractivity contribution in [2.45, 2.75) is 363 Å². The number of hydrogen-bond donors (Lipinski definition) is 5. The Morgan fingerprint density at radius 3 is 1.00 bits per heavy atom. The molecule has 0 aromatic heterocycles. The molecule has 25 heteroatoms. The minimum atomic E-state index is -3.14. The van der Waals surface area contributed by atoms with Crippen LogP contribution in [0, 0.1) is 170 Å². The first-order valence-electron chi connectivity index (χ1n) is 50.6. The Hall–Kier alpha value is -2.46. The zero-order valence-corrected chi connectivity index (χ0v) is 90.2. The van der Waals surface area contributed by atoms with Crippen molar-refractivity contribution in [3.05, 3.63) is 36.5 Å². The predicted molar refractivity (Wildman–Crippen MR) is 524 cm³/mol. The number of aliphatic hydroxyl groups excluding tert-OH is 2. The number of carbonyl (C=O) groups is 6. The summed E-state index contributed by atoms with van der Waals surface area (Å²) in [5.74, 6) is 4.16. The molecule has 0 spiro atoms. The van der Waals surface area contributed by atoms with Gasteiger partial charge in [0.2, 0.25) is 5.24 Å². The van der Waals surface area contributed by atoms with E-state index in [4.69, 9.17) is 44.7 Å². The number of carboxylic acids is 3. The maximum atomic E-state index is 12.9. The van der Waals surface area contributed by atoms with Crippen molar-refractivity contribution in [3.63, 3.8) is 0 Å². The number of carbonyl (C=O) groups excluding carboxylic acids is 3. The Kier molecular flexibility index (Phi) is 35.1. The third-order valence-corrected chi connectivity index (χ3v) is 46.0. The highest BCUT2D eigenvalue weighted by molar-refractivity contribution is 9.09. The molecule has 15 aliphatic carbocycles. The fraction of sp³-hybridized carbons (Fsp3) is 0.887. The number of esters is 2.